The van der Waals surface area contributed by atoms with Gasteiger partial charge in [-0.3, -0.25) is 4.72 Å². The highest BCUT2D eigenvalue weighted by atomic mass is 35.5. The number of aromatic nitrogens is 1. The molecule has 10 heteroatoms. The van der Waals surface area contributed by atoms with E-state index in [-0.39, 0.29) is 16.1 Å². The molecule has 0 unspecified atom stereocenters. The number of rotatable bonds is 6. The molecule has 2 aromatic carbocycles. The molecule has 0 saturated carbocycles. The SMILES string of the molecule is COC(=O)c1cc(NS(=O)(=O)c2ccccc2)ccc1Nc1ncc(Cl)s1. The lowest BCUT2D eigenvalue weighted by molar-refractivity contribution is 0.0602. The maximum atomic E-state index is 12.5. The third-order valence-corrected chi connectivity index (χ3v) is 5.88. The number of nitrogens with one attached hydrogen (secondary N) is 2. The maximum absolute atomic E-state index is 12.5. The van der Waals surface area contributed by atoms with Crippen LogP contribution < -0.4 is 10.0 Å². The molecule has 3 rings (SSSR count). The van der Waals surface area contributed by atoms with Crippen LogP contribution in [-0.4, -0.2) is 26.5 Å². The van der Waals surface area contributed by atoms with Gasteiger partial charge in [0.25, 0.3) is 10.0 Å². The molecule has 0 bridgehead atoms. The van der Waals surface area contributed by atoms with Crippen molar-refractivity contribution in [3.63, 3.8) is 0 Å². The van der Waals surface area contributed by atoms with Gasteiger partial charge in [0.15, 0.2) is 5.13 Å². The lowest BCUT2D eigenvalue weighted by atomic mass is 10.1. The first-order valence-electron chi connectivity index (χ1n) is 7.57. The Labute approximate surface area is 165 Å². The normalized spacial score (nSPS) is 11.0. The molecule has 2 N–H and O–H groups in total. The van der Waals surface area contributed by atoms with E-state index in [4.69, 9.17) is 16.3 Å². The average molecular weight is 424 g/mol. The number of nitrogens with zero attached hydrogens (tertiary/aromatic N) is 1. The van der Waals surface area contributed by atoms with Crippen molar-refractivity contribution in [3.8, 4) is 0 Å². The topological polar surface area (TPSA) is 97.4 Å². The van der Waals surface area contributed by atoms with Gasteiger partial charge < -0.3 is 10.1 Å². The summed E-state index contributed by atoms with van der Waals surface area (Å²) in [4.78, 5) is 16.3. The minimum atomic E-state index is -3.78. The van der Waals surface area contributed by atoms with Crippen molar-refractivity contribution in [2.75, 3.05) is 17.1 Å². The van der Waals surface area contributed by atoms with Crippen LogP contribution in [0.2, 0.25) is 4.34 Å². The van der Waals surface area contributed by atoms with Crippen molar-refractivity contribution < 1.29 is 17.9 Å². The predicted octanol–water partition coefficient (Wildman–Crippen LogP) is 4.13. The Morgan fingerprint density at radius 2 is 1.93 bits per heavy atom. The Balaban J connectivity index is 1.92. The maximum Gasteiger partial charge on any atom is 0.340 e. The van der Waals surface area contributed by atoms with E-state index < -0.39 is 16.0 Å². The summed E-state index contributed by atoms with van der Waals surface area (Å²) < 4.78 is 32.7. The molecule has 1 heterocycles. The highest BCUT2D eigenvalue weighted by molar-refractivity contribution is 7.92. The summed E-state index contributed by atoms with van der Waals surface area (Å²) in [6.45, 7) is 0. The monoisotopic (exact) mass is 423 g/mol. The Bertz CT molecular complexity index is 1070. The van der Waals surface area contributed by atoms with Crippen LogP contribution in [0.1, 0.15) is 10.4 Å². The molecule has 0 atom stereocenters. The zero-order valence-corrected chi connectivity index (χ0v) is 16.4. The first-order valence-corrected chi connectivity index (χ1v) is 10.3. The molecule has 7 nitrogen and oxygen atoms in total. The number of anilines is 3. The zero-order valence-electron chi connectivity index (χ0n) is 14.0. The van der Waals surface area contributed by atoms with Crippen molar-refractivity contribution >= 4 is 55.4 Å². The van der Waals surface area contributed by atoms with Gasteiger partial charge in [-0.25, -0.2) is 18.2 Å². The van der Waals surface area contributed by atoms with Crippen LogP contribution in [0.5, 0.6) is 0 Å². The average Bonchev–Trinajstić information content (AvgIpc) is 3.07. The molecule has 140 valence electrons. The molecular weight excluding hydrogens is 410 g/mol. The van der Waals surface area contributed by atoms with Crippen LogP contribution in [0.3, 0.4) is 0 Å². The fourth-order valence-corrected chi connectivity index (χ4v) is 4.13. The van der Waals surface area contributed by atoms with Crippen LogP contribution in [0.25, 0.3) is 0 Å². The first-order chi connectivity index (χ1) is 12.9. The molecular formula is C17H14ClN3O4S2. The summed E-state index contributed by atoms with van der Waals surface area (Å²) >= 11 is 7.06. The number of esters is 1. The van der Waals surface area contributed by atoms with Crippen LogP contribution in [0.15, 0.2) is 59.6 Å². The van der Waals surface area contributed by atoms with E-state index in [1.165, 1.54) is 48.9 Å². The van der Waals surface area contributed by atoms with E-state index >= 15 is 0 Å². The van der Waals surface area contributed by atoms with Crippen molar-refractivity contribution in [3.05, 3.63) is 64.6 Å². The van der Waals surface area contributed by atoms with Gasteiger partial charge in [0.1, 0.15) is 4.34 Å². The molecule has 0 aliphatic rings. The van der Waals surface area contributed by atoms with Gasteiger partial charge in [-0.2, -0.15) is 0 Å². The van der Waals surface area contributed by atoms with Gasteiger partial charge in [-0.15, -0.1) is 0 Å². The predicted molar refractivity (Wildman–Crippen MR) is 105 cm³/mol. The van der Waals surface area contributed by atoms with Gasteiger partial charge >= 0.3 is 5.97 Å². The largest absolute Gasteiger partial charge is 0.465 e. The second-order valence-electron chi connectivity index (χ2n) is 5.27. The first kappa shape index (κ1) is 19.2. The van der Waals surface area contributed by atoms with Crippen molar-refractivity contribution in [2.45, 2.75) is 4.90 Å². The van der Waals surface area contributed by atoms with Gasteiger partial charge in [-0.1, -0.05) is 41.1 Å². The Morgan fingerprint density at radius 1 is 1.19 bits per heavy atom. The Hall–Kier alpha value is -2.62. The van der Waals surface area contributed by atoms with Crippen molar-refractivity contribution in [1.82, 2.24) is 4.98 Å². The van der Waals surface area contributed by atoms with Crippen LogP contribution >= 0.6 is 22.9 Å². The van der Waals surface area contributed by atoms with E-state index in [1.54, 1.807) is 24.3 Å². The summed E-state index contributed by atoms with van der Waals surface area (Å²) in [6.07, 6.45) is 1.48. The number of carbonyl (C=O) groups is 1. The second kappa shape index (κ2) is 7.95. The van der Waals surface area contributed by atoms with Crippen LogP contribution in [-0.2, 0) is 14.8 Å². The number of hydrogen-bond donors (Lipinski definition) is 2. The number of thiazole rings is 1. The Kier molecular flexibility index (Phi) is 5.64. The summed E-state index contributed by atoms with van der Waals surface area (Å²) in [5.74, 6) is -0.624. The summed E-state index contributed by atoms with van der Waals surface area (Å²) in [7, 11) is -2.54. The lowest BCUT2D eigenvalue weighted by Crippen LogP contribution is -2.14. The van der Waals surface area contributed by atoms with E-state index in [2.05, 4.69) is 15.0 Å². The smallest absolute Gasteiger partial charge is 0.340 e. The molecule has 0 aliphatic carbocycles. The highest BCUT2D eigenvalue weighted by Crippen LogP contribution is 2.30. The minimum Gasteiger partial charge on any atom is -0.465 e. The van der Waals surface area contributed by atoms with Gasteiger partial charge in [0.2, 0.25) is 0 Å². The number of halogens is 1. The summed E-state index contributed by atoms with van der Waals surface area (Å²) in [5, 5.41) is 3.46. The van der Waals surface area contributed by atoms with E-state index in [0.29, 0.717) is 15.2 Å². The van der Waals surface area contributed by atoms with Crippen molar-refractivity contribution in [2.24, 2.45) is 0 Å². The third-order valence-electron chi connectivity index (χ3n) is 3.45. The van der Waals surface area contributed by atoms with Gasteiger partial charge in [-0.05, 0) is 30.3 Å². The summed E-state index contributed by atoms with van der Waals surface area (Å²) in [6, 6.07) is 12.4. The molecule has 0 fully saturated rings. The van der Waals surface area contributed by atoms with E-state index in [9.17, 15) is 13.2 Å². The number of ether oxygens (including phenoxy) is 1. The van der Waals surface area contributed by atoms with Gasteiger partial charge in [0.05, 0.1) is 29.5 Å². The standard InChI is InChI=1S/C17H14ClN3O4S2/c1-25-16(22)13-9-11(21-27(23,24)12-5-3-2-4-6-12)7-8-14(13)20-17-19-10-15(18)26-17/h2-10,21H,1H3,(H,19,20). The molecule has 0 saturated heterocycles. The number of sulfonamides is 1. The molecule has 27 heavy (non-hydrogen) atoms. The third kappa shape index (κ3) is 4.57. The summed E-state index contributed by atoms with van der Waals surface area (Å²) in [5.41, 5.74) is 0.787. The minimum absolute atomic E-state index is 0.115. The fraction of sp³-hybridized carbons (Fsp3) is 0.0588. The second-order valence-corrected chi connectivity index (χ2v) is 8.61. The number of methoxy groups -OCH3 is 1. The molecule has 0 spiro atoms. The number of hydrogen-bond acceptors (Lipinski definition) is 7. The Morgan fingerprint density at radius 3 is 2.56 bits per heavy atom. The molecule has 3 aromatic rings. The molecule has 0 radical (unpaired) electrons. The zero-order chi connectivity index (χ0) is 19.4. The molecule has 0 aliphatic heterocycles. The number of benzene rings is 2. The molecule has 0 amide bonds. The van der Waals surface area contributed by atoms with Gasteiger partial charge in [0, 0.05) is 5.69 Å². The van der Waals surface area contributed by atoms with E-state index in [0.717, 1.165) is 0 Å². The van der Waals surface area contributed by atoms with Crippen LogP contribution in [0.4, 0.5) is 16.5 Å². The van der Waals surface area contributed by atoms with E-state index in [1.807, 2.05) is 0 Å². The van der Waals surface area contributed by atoms with Crippen molar-refractivity contribution in [1.29, 1.82) is 0 Å². The lowest BCUT2D eigenvalue weighted by Gasteiger charge is -2.13. The molecule has 1 aromatic heterocycles. The van der Waals surface area contributed by atoms with Crippen LogP contribution in [0, 0.1) is 0 Å². The fourth-order valence-electron chi connectivity index (χ4n) is 2.24. The quantitative estimate of drug-likeness (QED) is 0.578. The number of carbonyl (C=O) groups excluding carboxylic acids is 1. The highest BCUT2D eigenvalue weighted by Gasteiger charge is 2.18.